The number of aryl methyl sites for hydroxylation is 2. The number of fused-ring (bicyclic) bond motifs is 1. The molecule has 4 heteroatoms. The lowest BCUT2D eigenvalue weighted by atomic mass is 10.1. The summed E-state index contributed by atoms with van der Waals surface area (Å²) < 4.78 is 7.30. The first-order valence-corrected chi connectivity index (χ1v) is 6.46. The maximum absolute atomic E-state index is 12.2. The summed E-state index contributed by atoms with van der Waals surface area (Å²) in [6, 6.07) is 3.92. The fourth-order valence-electron chi connectivity index (χ4n) is 2.42. The number of nitrogens with one attached hydrogen (secondary N) is 1. The van der Waals surface area contributed by atoms with Gasteiger partial charge in [-0.3, -0.25) is 4.79 Å². The second kappa shape index (κ2) is 5.45. The van der Waals surface area contributed by atoms with Gasteiger partial charge in [-0.15, -0.1) is 0 Å². The fraction of sp³-hybridized carbons (Fsp3) is 0.400. The number of ether oxygens (including phenoxy) is 1. The number of rotatable bonds is 5. The first-order chi connectivity index (χ1) is 9.08. The number of aromatic nitrogens is 1. The average molecular weight is 260 g/mol. The molecule has 0 aliphatic rings. The van der Waals surface area contributed by atoms with Gasteiger partial charge in [-0.2, -0.15) is 0 Å². The third kappa shape index (κ3) is 2.49. The number of methoxy groups -OCH3 is 1. The molecule has 0 atom stereocenters. The molecule has 1 heterocycles. The van der Waals surface area contributed by atoms with Gasteiger partial charge in [0, 0.05) is 24.2 Å². The van der Waals surface area contributed by atoms with Gasteiger partial charge in [0.15, 0.2) is 5.78 Å². The summed E-state index contributed by atoms with van der Waals surface area (Å²) in [6.07, 6.45) is 1.90. The lowest BCUT2D eigenvalue weighted by Crippen LogP contribution is -2.22. The van der Waals surface area contributed by atoms with Crippen molar-refractivity contribution >= 4 is 16.7 Å². The number of hydrogen-bond acceptors (Lipinski definition) is 3. The Morgan fingerprint density at radius 1 is 1.42 bits per heavy atom. The van der Waals surface area contributed by atoms with Crippen molar-refractivity contribution in [1.82, 2.24) is 9.88 Å². The normalized spacial score (nSPS) is 10.9. The van der Waals surface area contributed by atoms with Gasteiger partial charge in [0.05, 0.1) is 19.2 Å². The van der Waals surface area contributed by atoms with Crippen LogP contribution in [0.2, 0.25) is 0 Å². The van der Waals surface area contributed by atoms with Crippen molar-refractivity contribution in [3.05, 3.63) is 29.5 Å². The number of nitrogens with zero attached hydrogens (tertiary/aromatic N) is 1. The number of benzene rings is 1. The van der Waals surface area contributed by atoms with E-state index >= 15 is 0 Å². The number of carbonyl (C=O) groups is 1. The molecule has 2 aromatic rings. The van der Waals surface area contributed by atoms with E-state index in [0.29, 0.717) is 6.54 Å². The second-order valence-corrected chi connectivity index (χ2v) is 4.70. The van der Waals surface area contributed by atoms with E-state index in [9.17, 15) is 4.79 Å². The second-order valence-electron chi connectivity index (χ2n) is 4.70. The Bertz CT molecular complexity index is 614. The van der Waals surface area contributed by atoms with E-state index in [4.69, 9.17) is 4.74 Å². The zero-order valence-corrected chi connectivity index (χ0v) is 11.9. The molecule has 1 N–H and O–H groups in total. The molecule has 0 fully saturated rings. The molecule has 102 valence electrons. The van der Waals surface area contributed by atoms with Crippen molar-refractivity contribution in [3.8, 4) is 5.75 Å². The van der Waals surface area contributed by atoms with E-state index in [1.54, 1.807) is 7.11 Å². The maximum atomic E-state index is 12.2. The average Bonchev–Trinajstić information content (AvgIpc) is 2.73. The van der Waals surface area contributed by atoms with Gasteiger partial charge in [0.25, 0.3) is 0 Å². The number of carbonyl (C=O) groups excluding carboxylic acids is 1. The smallest absolute Gasteiger partial charge is 0.178 e. The van der Waals surface area contributed by atoms with Crippen LogP contribution in [-0.4, -0.2) is 30.5 Å². The molecule has 0 radical (unpaired) electrons. The first kappa shape index (κ1) is 13.6. The van der Waals surface area contributed by atoms with E-state index in [-0.39, 0.29) is 5.78 Å². The number of likely N-dealkylation sites (N-methyl/N-ethyl adjacent to an activating group) is 1. The number of hydrogen-bond donors (Lipinski definition) is 1. The summed E-state index contributed by atoms with van der Waals surface area (Å²) in [5.74, 6) is 0.897. The highest BCUT2D eigenvalue weighted by Crippen LogP contribution is 2.29. The van der Waals surface area contributed by atoms with Crippen LogP contribution in [0.4, 0.5) is 0 Å². The molecule has 0 unspecified atom stereocenters. The molecule has 0 aliphatic heterocycles. The molecule has 0 bridgehead atoms. The van der Waals surface area contributed by atoms with Gasteiger partial charge < -0.3 is 14.6 Å². The molecular formula is C15H20N2O2. The van der Waals surface area contributed by atoms with Crippen LogP contribution in [0.1, 0.15) is 22.8 Å². The van der Waals surface area contributed by atoms with Gasteiger partial charge in [-0.05, 0) is 31.2 Å². The maximum Gasteiger partial charge on any atom is 0.178 e. The minimum Gasteiger partial charge on any atom is -0.497 e. The first-order valence-electron chi connectivity index (χ1n) is 6.46. The molecule has 0 amide bonds. The van der Waals surface area contributed by atoms with Crippen molar-refractivity contribution in [2.45, 2.75) is 13.8 Å². The van der Waals surface area contributed by atoms with Crippen LogP contribution >= 0.6 is 0 Å². The number of Topliss-reactive ketones (excluding diaryl/α,β-unsaturated/α-hetero) is 1. The molecule has 1 aromatic heterocycles. The van der Waals surface area contributed by atoms with Crippen LogP contribution in [0, 0.1) is 6.92 Å². The fourth-order valence-corrected chi connectivity index (χ4v) is 2.42. The van der Waals surface area contributed by atoms with E-state index in [2.05, 4.69) is 5.32 Å². The Hall–Kier alpha value is -1.81. The Morgan fingerprint density at radius 3 is 2.79 bits per heavy atom. The van der Waals surface area contributed by atoms with Crippen molar-refractivity contribution < 1.29 is 9.53 Å². The highest BCUT2D eigenvalue weighted by Gasteiger charge is 2.15. The highest BCUT2D eigenvalue weighted by atomic mass is 16.5. The molecule has 0 spiro atoms. The van der Waals surface area contributed by atoms with Crippen molar-refractivity contribution in [2.24, 2.45) is 7.05 Å². The molecular weight excluding hydrogens is 240 g/mol. The van der Waals surface area contributed by atoms with Crippen LogP contribution in [0.15, 0.2) is 18.3 Å². The topological polar surface area (TPSA) is 43.3 Å². The molecule has 1 aromatic carbocycles. The van der Waals surface area contributed by atoms with E-state index in [1.807, 2.05) is 43.8 Å². The van der Waals surface area contributed by atoms with Crippen LogP contribution in [0.25, 0.3) is 10.9 Å². The summed E-state index contributed by atoms with van der Waals surface area (Å²) in [5, 5.41) is 4.03. The summed E-state index contributed by atoms with van der Waals surface area (Å²) in [7, 11) is 3.61. The molecule has 0 saturated carbocycles. The number of ketones is 1. The van der Waals surface area contributed by atoms with Gasteiger partial charge in [0.2, 0.25) is 0 Å². The van der Waals surface area contributed by atoms with E-state index in [0.717, 1.165) is 34.3 Å². The minimum atomic E-state index is 0.111. The van der Waals surface area contributed by atoms with Gasteiger partial charge in [-0.25, -0.2) is 0 Å². The van der Waals surface area contributed by atoms with Crippen molar-refractivity contribution in [3.63, 3.8) is 0 Å². The van der Waals surface area contributed by atoms with Crippen LogP contribution in [0.3, 0.4) is 0 Å². The lowest BCUT2D eigenvalue weighted by Gasteiger charge is -2.06. The Labute approximate surface area is 113 Å². The van der Waals surface area contributed by atoms with Gasteiger partial charge in [0.1, 0.15) is 5.75 Å². The van der Waals surface area contributed by atoms with Crippen LogP contribution in [0.5, 0.6) is 5.75 Å². The van der Waals surface area contributed by atoms with E-state index < -0.39 is 0 Å². The van der Waals surface area contributed by atoms with E-state index in [1.165, 1.54) is 0 Å². The summed E-state index contributed by atoms with van der Waals surface area (Å²) in [6.45, 7) is 5.18. The third-order valence-corrected chi connectivity index (χ3v) is 3.31. The standard InChI is InChI=1S/C15H20N2O2/c1-5-16-8-14(18)13-9-17(3)15-10(2)6-11(19-4)7-12(13)15/h6-7,9,16H,5,8H2,1-4H3. The van der Waals surface area contributed by atoms with Crippen LogP contribution in [-0.2, 0) is 7.05 Å². The molecule has 19 heavy (non-hydrogen) atoms. The molecule has 0 saturated heterocycles. The monoisotopic (exact) mass is 260 g/mol. The molecule has 4 nitrogen and oxygen atoms in total. The van der Waals surface area contributed by atoms with Crippen molar-refractivity contribution in [1.29, 1.82) is 0 Å². The van der Waals surface area contributed by atoms with Crippen LogP contribution < -0.4 is 10.1 Å². The largest absolute Gasteiger partial charge is 0.497 e. The summed E-state index contributed by atoms with van der Waals surface area (Å²) in [4.78, 5) is 12.2. The lowest BCUT2D eigenvalue weighted by molar-refractivity contribution is 0.0993. The van der Waals surface area contributed by atoms with Gasteiger partial charge >= 0.3 is 0 Å². The Balaban J connectivity index is 2.56. The quantitative estimate of drug-likeness (QED) is 0.839. The third-order valence-electron chi connectivity index (χ3n) is 3.31. The zero-order chi connectivity index (χ0) is 14.0. The summed E-state index contributed by atoms with van der Waals surface area (Å²) in [5.41, 5.74) is 2.94. The molecule has 0 aliphatic carbocycles. The van der Waals surface area contributed by atoms with Gasteiger partial charge in [-0.1, -0.05) is 6.92 Å². The SMILES string of the molecule is CCNCC(=O)c1cn(C)c2c(C)cc(OC)cc12. The predicted octanol–water partition coefficient (Wildman–Crippen LogP) is 2.29. The summed E-state index contributed by atoms with van der Waals surface area (Å²) >= 11 is 0. The molecule has 2 rings (SSSR count). The Morgan fingerprint density at radius 2 is 2.16 bits per heavy atom. The minimum absolute atomic E-state index is 0.111. The Kier molecular flexibility index (Phi) is 3.90. The highest BCUT2D eigenvalue weighted by molar-refractivity contribution is 6.09. The predicted molar refractivity (Wildman–Crippen MR) is 77.1 cm³/mol. The van der Waals surface area contributed by atoms with Crippen molar-refractivity contribution in [2.75, 3.05) is 20.2 Å². The zero-order valence-electron chi connectivity index (χ0n) is 11.9.